The van der Waals surface area contributed by atoms with Crippen LogP contribution in [0.5, 0.6) is 0 Å². The van der Waals surface area contributed by atoms with E-state index in [1.54, 1.807) is 0 Å². The summed E-state index contributed by atoms with van der Waals surface area (Å²) in [5.74, 6) is 0.933. The molecule has 0 aromatic heterocycles. The van der Waals surface area contributed by atoms with Crippen LogP contribution < -0.4 is 5.73 Å². The van der Waals surface area contributed by atoms with Gasteiger partial charge < -0.3 is 5.73 Å². The van der Waals surface area contributed by atoms with Crippen LogP contribution in [0.2, 0.25) is 0 Å². The van der Waals surface area contributed by atoms with Crippen molar-refractivity contribution in [2.45, 2.75) is 58.4 Å². The third-order valence-corrected chi connectivity index (χ3v) is 3.80. The van der Waals surface area contributed by atoms with Crippen LogP contribution in [0.3, 0.4) is 0 Å². The summed E-state index contributed by atoms with van der Waals surface area (Å²) in [6, 6.07) is 0. The van der Waals surface area contributed by atoms with Gasteiger partial charge in [0, 0.05) is 18.6 Å². The zero-order valence-corrected chi connectivity index (χ0v) is 10.8. The minimum absolute atomic E-state index is 0.179. The van der Waals surface area contributed by atoms with Crippen molar-refractivity contribution in [2.24, 2.45) is 11.7 Å². The molecule has 1 aliphatic carbocycles. The highest BCUT2D eigenvalue weighted by molar-refractivity contribution is 4.84. The van der Waals surface area contributed by atoms with Crippen molar-refractivity contribution in [1.29, 1.82) is 0 Å². The van der Waals surface area contributed by atoms with Crippen molar-refractivity contribution in [2.75, 3.05) is 19.6 Å². The molecule has 0 aromatic rings. The fourth-order valence-corrected chi connectivity index (χ4v) is 2.54. The maximum Gasteiger partial charge on any atom is 0.0275 e. The molecule has 15 heavy (non-hydrogen) atoms. The van der Waals surface area contributed by atoms with Crippen LogP contribution >= 0.6 is 0 Å². The number of hydrogen-bond donors (Lipinski definition) is 1. The van der Waals surface area contributed by atoms with Crippen molar-refractivity contribution < 1.29 is 0 Å². The minimum atomic E-state index is 0.179. The number of hydrogen-bond acceptors (Lipinski definition) is 2. The first-order chi connectivity index (χ1) is 7.10. The van der Waals surface area contributed by atoms with Crippen LogP contribution in [0.25, 0.3) is 0 Å². The predicted octanol–water partition coefficient (Wildman–Crippen LogP) is 2.63. The molecule has 1 aliphatic rings. The summed E-state index contributed by atoms with van der Waals surface area (Å²) in [5.41, 5.74) is 6.05. The van der Waals surface area contributed by atoms with E-state index in [4.69, 9.17) is 5.73 Å². The molecule has 2 heteroatoms. The zero-order chi connectivity index (χ0) is 11.3. The van der Waals surface area contributed by atoms with Gasteiger partial charge in [0.05, 0.1) is 0 Å². The molecule has 0 spiro atoms. The Morgan fingerprint density at radius 3 is 2.33 bits per heavy atom. The molecule has 1 fully saturated rings. The normalized spacial score (nSPS) is 19.0. The molecule has 0 radical (unpaired) electrons. The fraction of sp³-hybridized carbons (Fsp3) is 1.00. The summed E-state index contributed by atoms with van der Waals surface area (Å²) < 4.78 is 0. The Bertz CT molecular complexity index is 171. The van der Waals surface area contributed by atoms with Gasteiger partial charge in [0.1, 0.15) is 0 Å². The Labute approximate surface area is 95.2 Å². The maximum absolute atomic E-state index is 5.87. The third-order valence-electron chi connectivity index (χ3n) is 3.80. The van der Waals surface area contributed by atoms with Gasteiger partial charge in [-0.3, -0.25) is 4.90 Å². The van der Waals surface area contributed by atoms with Crippen molar-refractivity contribution in [3.05, 3.63) is 0 Å². The predicted molar refractivity (Wildman–Crippen MR) is 67.0 cm³/mol. The Hall–Kier alpha value is -0.0800. The van der Waals surface area contributed by atoms with Crippen molar-refractivity contribution in [1.82, 2.24) is 4.90 Å². The molecular formula is C13H28N2. The van der Waals surface area contributed by atoms with E-state index in [0.717, 1.165) is 12.5 Å². The van der Waals surface area contributed by atoms with Gasteiger partial charge in [-0.05, 0) is 45.6 Å². The van der Waals surface area contributed by atoms with Gasteiger partial charge in [-0.2, -0.15) is 0 Å². The summed E-state index contributed by atoms with van der Waals surface area (Å²) >= 11 is 0. The highest BCUT2D eigenvalue weighted by atomic mass is 15.2. The molecule has 1 saturated carbocycles. The van der Waals surface area contributed by atoms with E-state index in [1.165, 1.54) is 45.2 Å². The van der Waals surface area contributed by atoms with E-state index < -0.39 is 0 Å². The molecular weight excluding hydrogens is 184 g/mol. The van der Waals surface area contributed by atoms with E-state index in [0.29, 0.717) is 0 Å². The van der Waals surface area contributed by atoms with E-state index in [1.807, 2.05) is 0 Å². The molecule has 2 nitrogen and oxygen atoms in total. The van der Waals surface area contributed by atoms with Crippen LogP contribution in [-0.2, 0) is 0 Å². The fourth-order valence-electron chi connectivity index (χ4n) is 2.54. The lowest BCUT2D eigenvalue weighted by atomic mass is 9.99. The molecule has 0 atom stereocenters. The van der Waals surface area contributed by atoms with Gasteiger partial charge >= 0.3 is 0 Å². The van der Waals surface area contributed by atoms with Gasteiger partial charge in [-0.15, -0.1) is 0 Å². The molecule has 1 rings (SSSR count). The monoisotopic (exact) mass is 212 g/mol. The second kappa shape index (κ2) is 5.86. The second-order valence-electron chi connectivity index (χ2n) is 5.61. The van der Waals surface area contributed by atoms with Crippen molar-refractivity contribution in [3.63, 3.8) is 0 Å². The standard InChI is InChI=1S/C13H28N2/c1-4-9-15(13(2,3)11-14)10-12-7-5-6-8-12/h12H,4-11,14H2,1-3H3. The van der Waals surface area contributed by atoms with E-state index >= 15 is 0 Å². The molecule has 0 aliphatic heterocycles. The molecule has 2 N–H and O–H groups in total. The molecule has 0 saturated heterocycles. The lowest BCUT2D eigenvalue weighted by molar-refractivity contribution is 0.105. The Morgan fingerprint density at radius 1 is 1.27 bits per heavy atom. The SMILES string of the molecule is CCCN(CC1CCCC1)C(C)(C)CN. The first kappa shape index (κ1) is 13.0. The topological polar surface area (TPSA) is 29.3 Å². The molecule has 0 amide bonds. The first-order valence-electron chi connectivity index (χ1n) is 6.55. The summed E-state index contributed by atoms with van der Waals surface area (Å²) in [6.45, 7) is 10.0. The van der Waals surface area contributed by atoms with E-state index in [-0.39, 0.29) is 5.54 Å². The van der Waals surface area contributed by atoms with Crippen LogP contribution in [-0.4, -0.2) is 30.1 Å². The molecule has 90 valence electrons. The van der Waals surface area contributed by atoms with Gasteiger partial charge in [0.15, 0.2) is 0 Å². The van der Waals surface area contributed by atoms with Gasteiger partial charge in [0.25, 0.3) is 0 Å². The van der Waals surface area contributed by atoms with Crippen LogP contribution in [0.15, 0.2) is 0 Å². The molecule has 0 unspecified atom stereocenters. The van der Waals surface area contributed by atoms with E-state index in [9.17, 15) is 0 Å². The van der Waals surface area contributed by atoms with Crippen LogP contribution in [0.1, 0.15) is 52.9 Å². The van der Waals surface area contributed by atoms with Gasteiger partial charge in [-0.25, -0.2) is 0 Å². The molecule has 0 heterocycles. The summed E-state index contributed by atoms with van der Waals surface area (Å²) in [7, 11) is 0. The van der Waals surface area contributed by atoms with Crippen LogP contribution in [0.4, 0.5) is 0 Å². The lowest BCUT2D eigenvalue weighted by Gasteiger charge is -2.39. The highest BCUT2D eigenvalue weighted by Gasteiger charge is 2.27. The average molecular weight is 212 g/mol. The van der Waals surface area contributed by atoms with Gasteiger partial charge in [-0.1, -0.05) is 19.8 Å². The highest BCUT2D eigenvalue weighted by Crippen LogP contribution is 2.27. The van der Waals surface area contributed by atoms with E-state index in [2.05, 4.69) is 25.7 Å². The third kappa shape index (κ3) is 3.76. The largest absolute Gasteiger partial charge is 0.329 e. The molecule has 0 bridgehead atoms. The number of nitrogens with zero attached hydrogens (tertiary/aromatic N) is 1. The lowest BCUT2D eigenvalue weighted by Crippen LogP contribution is -2.51. The summed E-state index contributed by atoms with van der Waals surface area (Å²) in [4.78, 5) is 2.60. The number of rotatable bonds is 6. The molecule has 0 aromatic carbocycles. The Kier molecular flexibility index (Phi) is 5.07. The van der Waals surface area contributed by atoms with Crippen molar-refractivity contribution in [3.8, 4) is 0 Å². The summed E-state index contributed by atoms with van der Waals surface area (Å²) in [5, 5.41) is 0. The quantitative estimate of drug-likeness (QED) is 0.733. The Balaban J connectivity index is 2.48. The van der Waals surface area contributed by atoms with Crippen molar-refractivity contribution >= 4 is 0 Å². The smallest absolute Gasteiger partial charge is 0.0275 e. The maximum atomic E-state index is 5.87. The Morgan fingerprint density at radius 2 is 1.87 bits per heavy atom. The van der Waals surface area contributed by atoms with Crippen LogP contribution in [0, 0.1) is 5.92 Å². The zero-order valence-electron chi connectivity index (χ0n) is 10.8. The average Bonchev–Trinajstić information content (AvgIpc) is 2.70. The summed E-state index contributed by atoms with van der Waals surface area (Å²) in [6.07, 6.45) is 6.97. The number of nitrogens with two attached hydrogens (primary N) is 1. The second-order valence-corrected chi connectivity index (χ2v) is 5.61. The minimum Gasteiger partial charge on any atom is -0.329 e. The first-order valence-corrected chi connectivity index (χ1v) is 6.55. The van der Waals surface area contributed by atoms with Gasteiger partial charge in [0.2, 0.25) is 0 Å².